The highest BCUT2D eigenvalue weighted by Crippen LogP contribution is 2.45. The molecule has 1 heterocycles. The van der Waals surface area contributed by atoms with Crippen molar-refractivity contribution in [3.63, 3.8) is 0 Å². The van der Waals surface area contributed by atoms with Gasteiger partial charge in [-0.2, -0.15) is 0 Å². The molecule has 1 aliphatic rings. The van der Waals surface area contributed by atoms with Crippen LogP contribution >= 0.6 is 0 Å². The zero-order valence-electron chi connectivity index (χ0n) is 15.2. The second-order valence-electron chi connectivity index (χ2n) is 6.43. The number of amides is 1. The number of carbonyl (C=O) groups excluding carboxylic acids is 3. The highest BCUT2D eigenvalue weighted by molar-refractivity contribution is 6.13. The lowest BCUT2D eigenvalue weighted by Crippen LogP contribution is -2.48. The van der Waals surface area contributed by atoms with Crippen molar-refractivity contribution < 1.29 is 24.2 Å². The van der Waals surface area contributed by atoms with Crippen molar-refractivity contribution in [3.05, 3.63) is 65.7 Å². The second-order valence-corrected chi connectivity index (χ2v) is 6.43. The van der Waals surface area contributed by atoms with Crippen LogP contribution in [0, 0.1) is 5.92 Å². The van der Waals surface area contributed by atoms with Crippen LogP contribution in [-0.4, -0.2) is 35.9 Å². The molecule has 0 saturated heterocycles. The van der Waals surface area contributed by atoms with Gasteiger partial charge in [0.1, 0.15) is 6.54 Å². The van der Waals surface area contributed by atoms with Crippen LogP contribution in [0.5, 0.6) is 0 Å². The van der Waals surface area contributed by atoms with E-state index in [-0.39, 0.29) is 18.9 Å². The van der Waals surface area contributed by atoms with E-state index >= 15 is 0 Å². The fourth-order valence-corrected chi connectivity index (χ4v) is 3.41. The van der Waals surface area contributed by atoms with Crippen molar-refractivity contribution in [2.75, 3.05) is 18.1 Å². The summed E-state index contributed by atoms with van der Waals surface area (Å²) in [5.41, 5.74) is -0.912. The van der Waals surface area contributed by atoms with Crippen molar-refractivity contribution in [2.24, 2.45) is 5.92 Å². The molecule has 2 aromatic rings. The summed E-state index contributed by atoms with van der Waals surface area (Å²) in [4.78, 5) is 39.1. The van der Waals surface area contributed by atoms with Crippen LogP contribution in [0.25, 0.3) is 0 Å². The van der Waals surface area contributed by atoms with Gasteiger partial charge in [0.2, 0.25) is 0 Å². The number of fused-ring (bicyclic) bond motifs is 1. The van der Waals surface area contributed by atoms with Gasteiger partial charge < -0.3 is 9.84 Å². The molecule has 0 fully saturated rings. The first kappa shape index (κ1) is 18.8. The van der Waals surface area contributed by atoms with Gasteiger partial charge in [0.15, 0.2) is 11.4 Å². The summed E-state index contributed by atoms with van der Waals surface area (Å²) in [5.74, 6) is -2.65. The van der Waals surface area contributed by atoms with E-state index in [1.165, 1.54) is 11.8 Å². The highest BCUT2D eigenvalue weighted by Gasteiger charge is 2.55. The van der Waals surface area contributed by atoms with Crippen LogP contribution in [0.3, 0.4) is 0 Å². The Hall–Kier alpha value is -2.99. The van der Waals surface area contributed by atoms with Gasteiger partial charge in [-0.1, -0.05) is 55.5 Å². The fourth-order valence-electron chi connectivity index (χ4n) is 3.41. The summed E-state index contributed by atoms with van der Waals surface area (Å²) in [6.45, 7) is 3.07. The molecule has 0 saturated carbocycles. The average molecular weight is 367 g/mol. The Bertz CT molecular complexity index is 879. The molecular weight excluding hydrogens is 346 g/mol. The molecule has 0 spiro atoms. The zero-order valence-corrected chi connectivity index (χ0v) is 15.2. The summed E-state index contributed by atoms with van der Waals surface area (Å²) in [7, 11) is 0. The summed E-state index contributed by atoms with van der Waals surface area (Å²) >= 11 is 0. The van der Waals surface area contributed by atoms with E-state index in [1.54, 1.807) is 61.5 Å². The second kappa shape index (κ2) is 7.32. The Kier molecular flexibility index (Phi) is 5.10. The van der Waals surface area contributed by atoms with Gasteiger partial charge in [-0.05, 0) is 13.0 Å². The molecule has 140 valence electrons. The minimum absolute atomic E-state index is 0.190. The van der Waals surface area contributed by atoms with Gasteiger partial charge >= 0.3 is 5.97 Å². The zero-order chi connectivity index (χ0) is 19.6. The number of rotatable bonds is 6. The molecule has 0 radical (unpaired) electrons. The van der Waals surface area contributed by atoms with Gasteiger partial charge in [0.05, 0.1) is 18.2 Å². The monoisotopic (exact) mass is 367 g/mol. The molecule has 1 N–H and O–H groups in total. The molecule has 6 heteroatoms. The minimum Gasteiger partial charge on any atom is -0.465 e. The van der Waals surface area contributed by atoms with Gasteiger partial charge in [0.25, 0.3) is 5.91 Å². The van der Waals surface area contributed by atoms with E-state index in [9.17, 15) is 19.5 Å². The molecule has 0 aromatic heterocycles. The van der Waals surface area contributed by atoms with E-state index in [2.05, 4.69) is 0 Å². The van der Waals surface area contributed by atoms with Gasteiger partial charge in [0, 0.05) is 11.1 Å². The number of aliphatic hydroxyl groups is 1. The maximum Gasteiger partial charge on any atom is 0.326 e. The number of esters is 1. The lowest BCUT2D eigenvalue weighted by Gasteiger charge is -2.28. The van der Waals surface area contributed by atoms with E-state index in [0.29, 0.717) is 16.8 Å². The fraction of sp³-hybridized carbons (Fsp3) is 0.286. The maximum absolute atomic E-state index is 13.1. The molecule has 0 aliphatic carbocycles. The first-order valence-electron chi connectivity index (χ1n) is 8.80. The molecule has 3 rings (SSSR count). The van der Waals surface area contributed by atoms with Gasteiger partial charge in [-0.25, -0.2) is 0 Å². The van der Waals surface area contributed by atoms with Gasteiger partial charge in [-0.3, -0.25) is 19.3 Å². The Morgan fingerprint density at radius 3 is 2.41 bits per heavy atom. The summed E-state index contributed by atoms with van der Waals surface area (Å²) < 4.78 is 4.93. The third-order valence-corrected chi connectivity index (χ3v) is 4.85. The van der Waals surface area contributed by atoms with Crippen LogP contribution < -0.4 is 4.90 Å². The average Bonchev–Trinajstić information content (AvgIpc) is 2.91. The van der Waals surface area contributed by atoms with E-state index in [1.807, 2.05) is 0 Å². The Morgan fingerprint density at radius 2 is 1.74 bits per heavy atom. The standard InChI is InChI=1S/C21H21NO5/c1-3-27-18(23)13-22-17-12-8-7-11-16(17)21(26,20(22)25)14(2)19(24)15-9-5-4-6-10-15/h4-12,14,26H,3,13H2,1-2H3/t14-,21-/m0/s1. The number of benzene rings is 2. The Morgan fingerprint density at radius 1 is 1.11 bits per heavy atom. The van der Waals surface area contributed by atoms with Crippen molar-refractivity contribution in [3.8, 4) is 0 Å². The first-order chi connectivity index (χ1) is 12.9. The number of hydrogen-bond donors (Lipinski definition) is 1. The predicted molar refractivity (Wildman–Crippen MR) is 99.3 cm³/mol. The number of carbonyl (C=O) groups is 3. The van der Waals surface area contributed by atoms with Crippen molar-refractivity contribution in [1.29, 1.82) is 0 Å². The number of ketones is 1. The van der Waals surface area contributed by atoms with Crippen molar-refractivity contribution in [2.45, 2.75) is 19.4 Å². The molecule has 2 atom stereocenters. The number of anilines is 1. The topological polar surface area (TPSA) is 83.9 Å². The molecular formula is C21H21NO5. The predicted octanol–water partition coefficient (Wildman–Crippen LogP) is 2.30. The number of hydrogen-bond acceptors (Lipinski definition) is 5. The normalized spacial score (nSPS) is 19.5. The molecule has 1 aliphatic heterocycles. The minimum atomic E-state index is -2.05. The molecule has 0 unspecified atom stereocenters. The highest BCUT2D eigenvalue weighted by atomic mass is 16.5. The van der Waals surface area contributed by atoms with Crippen LogP contribution in [0.2, 0.25) is 0 Å². The molecule has 0 bridgehead atoms. The summed E-state index contributed by atoms with van der Waals surface area (Å²) in [5, 5.41) is 11.4. The van der Waals surface area contributed by atoms with Crippen LogP contribution in [0.4, 0.5) is 5.69 Å². The van der Waals surface area contributed by atoms with Crippen LogP contribution in [0.15, 0.2) is 54.6 Å². The van der Waals surface area contributed by atoms with Crippen LogP contribution in [-0.2, 0) is 19.9 Å². The van der Waals surface area contributed by atoms with E-state index in [4.69, 9.17) is 4.74 Å². The number of Topliss-reactive ketones (excluding diaryl/α,β-unsaturated/α-hetero) is 1. The smallest absolute Gasteiger partial charge is 0.326 e. The van der Waals surface area contributed by atoms with Gasteiger partial charge in [-0.15, -0.1) is 0 Å². The van der Waals surface area contributed by atoms with Crippen molar-refractivity contribution in [1.82, 2.24) is 0 Å². The molecule has 1 amide bonds. The van der Waals surface area contributed by atoms with Crippen molar-refractivity contribution >= 4 is 23.3 Å². The Balaban J connectivity index is 2.00. The maximum atomic E-state index is 13.1. The third-order valence-electron chi connectivity index (χ3n) is 4.85. The largest absolute Gasteiger partial charge is 0.465 e. The summed E-state index contributed by atoms with van der Waals surface area (Å²) in [6.07, 6.45) is 0. The number of para-hydroxylation sites is 1. The van der Waals surface area contributed by atoms with Crippen LogP contribution in [0.1, 0.15) is 29.8 Å². The van der Waals surface area contributed by atoms with E-state index < -0.39 is 23.4 Å². The number of ether oxygens (including phenoxy) is 1. The number of nitrogens with zero attached hydrogens (tertiary/aromatic N) is 1. The molecule has 27 heavy (non-hydrogen) atoms. The third kappa shape index (κ3) is 3.13. The SMILES string of the molecule is CCOC(=O)CN1C(=O)[C@](O)([C@@H](C)C(=O)c2ccccc2)c2ccccc21. The first-order valence-corrected chi connectivity index (χ1v) is 8.80. The van der Waals surface area contributed by atoms with E-state index in [0.717, 1.165) is 0 Å². The Labute approximate surface area is 157 Å². The summed E-state index contributed by atoms with van der Waals surface area (Å²) in [6, 6.07) is 15.2. The molecule has 2 aromatic carbocycles. The quantitative estimate of drug-likeness (QED) is 0.626. The lowest BCUT2D eigenvalue weighted by atomic mass is 9.79. The molecule has 6 nitrogen and oxygen atoms in total. The lowest BCUT2D eigenvalue weighted by molar-refractivity contribution is -0.145.